The molecule has 0 spiro atoms. The van der Waals surface area contributed by atoms with E-state index in [4.69, 9.17) is 0 Å². The second-order valence-electron chi connectivity index (χ2n) is 4.88. The molecule has 23 heavy (non-hydrogen) atoms. The van der Waals surface area contributed by atoms with E-state index in [0.717, 1.165) is 11.4 Å². The van der Waals surface area contributed by atoms with Crippen LogP contribution in [0.2, 0.25) is 0 Å². The number of halogens is 2. The lowest BCUT2D eigenvalue weighted by atomic mass is 10.1. The van der Waals surface area contributed by atoms with Crippen LogP contribution in [0.1, 0.15) is 5.56 Å². The Morgan fingerprint density at radius 2 is 1.35 bits per heavy atom. The van der Waals surface area contributed by atoms with Crippen molar-refractivity contribution in [3.05, 3.63) is 88.6 Å². The van der Waals surface area contributed by atoms with Gasteiger partial charge in [-0.25, -0.2) is 4.39 Å². The highest BCUT2D eigenvalue weighted by Gasteiger charge is 2.21. The van der Waals surface area contributed by atoms with Gasteiger partial charge in [0.05, 0.1) is 15.7 Å². The Hall–Kier alpha value is -2.64. The van der Waals surface area contributed by atoms with Crippen molar-refractivity contribution in [2.45, 2.75) is 0 Å². The average molecular weight is 367 g/mol. The van der Waals surface area contributed by atoms with Crippen molar-refractivity contribution in [3.63, 3.8) is 0 Å². The van der Waals surface area contributed by atoms with Crippen molar-refractivity contribution >= 4 is 33.0 Å². The standard InChI is InChI=1S/C19H12BrFN2/c20-18-17(21)12-11-14(13-22)19(18)23(15-7-3-1-4-8-15)16-9-5-2-6-10-16/h1-12H. The topological polar surface area (TPSA) is 27.0 Å². The van der Waals surface area contributed by atoms with Crippen LogP contribution in [-0.4, -0.2) is 0 Å². The Morgan fingerprint density at radius 3 is 1.83 bits per heavy atom. The highest BCUT2D eigenvalue weighted by atomic mass is 79.9. The van der Waals surface area contributed by atoms with Crippen LogP contribution in [-0.2, 0) is 0 Å². The van der Waals surface area contributed by atoms with Gasteiger partial charge in [0.1, 0.15) is 11.9 Å². The molecule has 0 N–H and O–H groups in total. The van der Waals surface area contributed by atoms with Gasteiger partial charge in [-0.1, -0.05) is 36.4 Å². The number of rotatable bonds is 3. The summed E-state index contributed by atoms with van der Waals surface area (Å²) < 4.78 is 14.4. The minimum absolute atomic E-state index is 0.268. The van der Waals surface area contributed by atoms with Crippen molar-refractivity contribution < 1.29 is 4.39 Å². The molecule has 3 aromatic carbocycles. The van der Waals surface area contributed by atoms with Gasteiger partial charge < -0.3 is 4.90 Å². The zero-order chi connectivity index (χ0) is 16.2. The molecule has 0 amide bonds. The highest BCUT2D eigenvalue weighted by Crippen LogP contribution is 2.41. The smallest absolute Gasteiger partial charge is 0.139 e. The molecule has 0 bridgehead atoms. The van der Waals surface area contributed by atoms with E-state index in [1.165, 1.54) is 12.1 Å². The first-order valence-electron chi connectivity index (χ1n) is 7.00. The summed E-state index contributed by atoms with van der Waals surface area (Å²) in [6.45, 7) is 0. The quantitative estimate of drug-likeness (QED) is 0.574. The largest absolute Gasteiger partial charge is 0.308 e. The first-order chi connectivity index (χ1) is 11.2. The Labute approximate surface area is 142 Å². The lowest BCUT2D eigenvalue weighted by molar-refractivity contribution is 0.621. The molecule has 0 aliphatic rings. The minimum Gasteiger partial charge on any atom is -0.308 e. The number of nitriles is 1. The molecule has 0 fully saturated rings. The minimum atomic E-state index is -0.407. The van der Waals surface area contributed by atoms with E-state index in [2.05, 4.69) is 22.0 Å². The molecule has 3 aromatic rings. The first-order valence-corrected chi connectivity index (χ1v) is 7.80. The fourth-order valence-electron chi connectivity index (χ4n) is 2.41. The van der Waals surface area contributed by atoms with E-state index in [1.807, 2.05) is 65.6 Å². The lowest BCUT2D eigenvalue weighted by Gasteiger charge is -2.27. The van der Waals surface area contributed by atoms with Crippen molar-refractivity contribution in [1.82, 2.24) is 0 Å². The highest BCUT2D eigenvalue weighted by molar-refractivity contribution is 9.10. The Balaban J connectivity index is 2.30. The lowest BCUT2D eigenvalue weighted by Crippen LogP contribution is -2.12. The van der Waals surface area contributed by atoms with Gasteiger partial charge in [0.25, 0.3) is 0 Å². The molecule has 0 saturated carbocycles. The Morgan fingerprint density at radius 1 is 0.826 bits per heavy atom. The molecule has 2 nitrogen and oxygen atoms in total. The van der Waals surface area contributed by atoms with Gasteiger partial charge in [0.2, 0.25) is 0 Å². The maximum Gasteiger partial charge on any atom is 0.139 e. The van der Waals surface area contributed by atoms with Gasteiger partial charge in [-0.15, -0.1) is 0 Å². The van der Waals surface area contributed by atoms with Crippen molar-refractivity contribution in [2.75, 3.05) is 4.90 Å². The zero-order valence-corrected chi connectivity index (χ0v) is 13.7. The van der Waals surface area contributed by atoms with E-state index < -0.39 is 5.82 Å². The summed E-state index contributed by atoms with van der Waals surface area (Å²) in [4.78, 5) is 1.87. The van der Waals surface area contributed by atoms with E-state index in [1.54, 1.807) is 0 Å². The summed E-state index contributed by atoms with van der Waals surface area (Å²) in [5.74, 6) is -0.407. The maximum atomic E-state index is 14.1. The van der Waals surface area contributed by atoms with Gasteiger partial charge in [0, 0.05) is 11.4 Å². The van der Waals surface area contributed by atoms with E-state index in [0.29, 0.717) is 11.3 Å². The monoisotopic (exact) mass is 366 g/mol. The molecule has 0 radical (unpaired) electrons. The first kappa shape index (κ1) is 15.3. The Kier molecular flexibility index (Phi) is 4.40. The maximum absolute atomic E-state index is 14.1. The molecular weight excluding hydrogens is 355 g/mol. The molecule has 0 saturated heterocycles. The van der Waals surface area contributed by atoms with Crippen molar-refractivity contribution in [3.8, 4) is 6.07 Å². The molecule has 0 heterocycles. The summed E-state index contributed by atoms with van der Waals surface area (Å²) in [6, 6.07) is 24.1. The molecule has 3 rings (SSSR count). The van der Waals surface area contributed by atoms with Crippen LogP contribution < -0.4 is 4.90 Å². The van der Waals surface area contributed by atoms with Crippen LogP contribution in [0.5, 0.6) is 0 Å². The number of para-hydroxylation sites is 2. The summed E-state index contributed by atoms with van der Waals surface area (Å²) >= 11 is 3.30. The Bertz CT molecular complexity index is 818. The van der Waals surface area contributed by atoms with Gasteiger partial charge in [-0.3, -0.25) is 0 Å². The summed E-state index contributed by atoms with van der Waals surface area (Å²) in [6.07, 6.45) is 0. The second-order valence-corrected chi connectivity index (χ2v) is 5.67. The van der Waals surface area contributed by atoms with E-state index >= 15 is 0 Å². The van der Waals surface area contributed by atoms with Crippen molar-refractivity contribution in [1.29, 1.82) is 5.26 Å². The second kappa shape index (κ2) is 6.64. The van der Waals surface area contributed by atoms with E-state index in [-0.39, 0.29) is 4.47 Å². The van der Waals surface area contributed by atoms with Crippen LogP contribution >= 0.6 is 15.9 Å². The van der Waals surface area contributed by atoms with Crippen LogP contribution in [0.25, 0.3) is 0 Å². The predicted octanol–water partition coefficient (Wildman–Crippen LogP) is 5.93. The third kappa shape index (κ3) is 2.96. The molecule has 0 aliphatic heterocycles. The summed E-state index contributed by atoms with van der Waals surface area (Å²) in [5.41, 5.74) is 2.58. The summed E-state index contributed by atoms with van der Waals surface area (Å²) in [5, 5.41) is 9.46. The fourth-order valence-corrected chi connectivity index (χ4v) is 2.93. The predicted molar refractivity (Wildman–Crippen MR) is 93.5 cm³/mol. The normalized spacial score (nSPS) is 10.1. The van der Waals surface area contributed by atoms with Gasteiger partial charge in [-0.2, -0.15) is 5.26 Å². The molecule has 4 heteroatoms. The SMILES string of the molecule is N#Cc1ccc(F)c(Br)c1N(c1ccccc1)c1ccccc1. The number of nitrogens with zero attached hydrogens (tertiary/aromatic N) is 2. The third-order valence-electron chi connectivity index (χ3n) is 3.44. The molecule has 112 valence electrons. The van der Waals surface area contributed by atoms with Crippen LogP contribution in [0, 0.1) is 17.1 Å². The molecular formula is C19H12BrFN2. The summed E-state index contributed by atoms with van der Waals surface area (Å²) in [7, 11) is 0. The number of hydrogen-bond acceptors (Lipinski definition) is 2. The number of hydrogen-bond donors (Lipinski definition) is 0. The average Bonchev–Trinajstić information content (AvgIpc) is 2.61. The van der Waals surface area contributed by atoms with Crippen LogP contribution in [0.15, 0.2) is 77.3 Å². The molecule has 0 aliphatic carbocycles. The third-order valence-corrected chi connectivity index (χ3v) is 4.20. The molecule has 0 atom stereocenters. The van der Waals surface area contributed by atoms with Crippen molar-refractivity contribution in [2.24, 2.45) is 0 Å². The zero-order valence-electron chi connectivity index (χ0n) is 12.1. The van der Waals surface area contributed by atoms with Gasteiger partial charge in [-0.05, 0) is 52.3 Å². The van der Waals surface area contributed by atoms with Crippen LogP contribution in [0.3, 0.4) is 0 Å². The van der Waals surface area contributed by atoms with Gasteiger partial charge in [0.15, 0.2) is 0 Å². The number of anilines is 3. The van der Waals surface area contributed by atoms with E-state index in [9.17, 15) is 9.65 Å². The molecule has 0 unspecified atom stereocenters. The fraction of sp³-hybridized carbons (Fsp3) is 0. The molecule has 0 aromatic heterocycles. The van der Waals surface area contributed by atoms with Crippen LogP contribution in [0.4, 0.5) is 21.5 Å². The number of benzene rings is 3. The van der Waals surface area contributed by atoms with Gasteiger partial charge >= 0.3 is 0 Å².